The Morgan fingerprint density at radius 1 is 1.19 bits per heavy atom. The lowest BCUT2D eigenvalue weighted by Gasteiger charge is -2.41. The first-order valence-electron chi connectivity index (χ1n) is 11.3. The number of H-pyrrole nitrogens is 1. The third-order valence-electron chi connectivity index (χ3n) is 7.53. The smallest absolute Gasteiger partial charge is 0.183 e. The summed E-state index contributed by atoms with van der Waals surface area (Å²) in [7, 11) is 0. The second kappa shape index (κ2) is 7.17. The standard InChI is InChI=1S/C23H29N7O/c1-15-20(24)23(14-31-15)8-11-29(12-9-23)18-13-25-19-21(26-18)27-28-22(19)30-10-4-6-16-5-2-3-7-17(16)30/h2-3,5,7,13,15,20H,4,6,8-12,14,24H2,1H3,(H,26,27,28)/t15-,20+/m0/s1. The first kappa shape index (κ1) is 19.0. The molecule has 31 heavy (non-hydrogen) atoms. The number of nitrogens with one attached hydrogen (secondary N) is 1. The highest BCUT2D eigenvalue weighted by atomic mass is 16.5. The van der Waals surface area contributed by atoms with Gasteiger partial charge in [0.15, 0.2) is 17.0 Å². The summed E-state index contributed by atoms with van der Waals surface area (Å²) in [5.41, 5.74) is 10.7. The molecule has 2 saturated heterocycles. The normalized spacial score (nSPS) is 25.4. The predicted octanol–water partition coefficient (Wildman–Crippen LogP) is 2.77. The predicted molar refractivity (Wildman–Crippen MR) is 121 cm³/mol. The van der Waals surface area contributed by atoms with E-state index in [-0.39, 0.29) is 17.6 Å². The quantitative estimate of drug-likeness (QED) is 0.659. The molecule has 6 rings (SSSR count). The van der Waals surface area contributed by atoms with Crippen molar-refractivity contribution >= 4 is 28.5 Å². The second-order valence-electron chi connectivity index (χ2n) is 9.25. The van der Waals surface area contributed by atoms with Crippen molar-refractivity contribution in [3.8, 4) is 0 Å². The average molecular weight is 420 g/mol. The maximum atomic E-state index is 6.46. The van der Waals surface area contributed by atoms with Gasteiger partial charge >= 0.3 is 0 Å². The van der Waals surface area contributed by atoms with Crippen LogP contribution in [0.15, 0.2) is 30.5 Å². The molecule has 1 spiro atoms. The van der Waals surface area contributed by atoms with E-state index in [0.717, 1.165) is 74.7 Å². The van der Waals surface area contributed by atoms with Crippen molar-refractivity contribution in [1.29, 1.82) is 0 Å². The SMILES string of the molecule is C[C@@H]1OCC2(CCN(c3cnc4c(N5CCCc6ccccc65)n[nH]c4n3)CC2)[C@@H]1N. The minimum atomic E-state index is 0.107. The maximum absolute atomic E-state index is 6.46. The fraction of sp³-hybridized carbons (Fsp3) is 0.522. The Labute approximate surface area is 181 Å². The van der Waals surface area contributed by atoms with Crippen molar-refractivity contribution in [3.05, 3.63) is 36.0 Å². The van der Waals surface area contributed by atoms with Crippen LogP contribution in [0, 0.1) is 5.41 Å². The molecule has 0 aliphatic carbocycles. The number of piperidine rings is 1. The first-order chi connectivity index (χ1) is 15.1. The molecule has 0 amide bonds. The highest BCUT2D eigenvalue weighted by molar-refractivity contribution is 5.87. The zero-order valence-corrected chi connectivity index (χ0v) is 17.9. The Bertz CT molecular complexity index is 1100. The molecule has 0 radical (unpaired) electrons. The van der Waals surface area contributed by atoms with E-state index in [4.69, 9.17) is 20.4 Å². The van der Waals surface area contributed by atoms with E-state index in [1.165, 1.54) is 11.3 Å². The van der Waals surface area contributed by atoms with Gasteiger partial charge in [0.25, 0.3) is 0 Å². The summed E-state index contributed by atoms with van der Waals surface area (Å²) in [5.74, 6) is 1.76. The highest BCUT2D eigenvalue weighted by Gasteiger charge is 2.47. The first-order valence-corrected chi connectivity index (χ1v) is 11.3. The molecule has 162 valence electrons. The lowest BCUT2D eigenvalue weighted by atomic mass is 9.73. The summed E-state index contributed by atoms with van der Waals surface area (Å²) in [6.45, 7) is 5.64. The van der Waals surface area contributed by atoms with Gasteiger partial charge in [-0.15, -0.1) is 0 Å². The fourth-order valence-corrected chi connectivity index (χ4v) is 5.53. The summed E-state index contributed by atoms with van der Waals surface area (Å²) in [6, 6.07) is 8.67. The van der Waals surface area contributed by atoms with Crippen LogP contribution in [0.4, 0.5) is 17.3 Å². The van der Waals surface area contributed by atoms with Gasteiger partial charge in [-0.3, -0.25) is 5.10 Å². The van der Waals surface area contributed by atoms with E-state index in [1.54, 1.807) is 0 Å². The van der Waals surface area contributed by atoms with E-state index in [2.05, 4.69) is 51.2 Å². The largest absolute Gasteiger partial charge is 0.376 e. The molecule has 1 aromatic carbocycles. The number of benzene rings is 1. The number of para-hydroxylation sites is 1. The number of fused-ring (bicyclic) bond motifs is 2. The van der Waals surface area contributed by atoms with Crippen LogP contribution in [0.1, 0.15) is 31.7 Å². The third kappa shape index (κ3) is 3.00. The molecule has 3 N–H and O–H groups in total. The van der Waals surface area contributed by atoms with Crippen molar-refractivity contribution in [1.82, 2.24) is 20.2 Å². The number of aryl methyl sites for hydroxylation is 1. The van der Waals surface area contributed by atoms with Crippen molar-refractivity contribution in [2.45, 2.75) is 44.8 Å². The van der Waals surface area contributed by atoms with Crippen molar-refractivity contribution in [3.63, 3.8) is 0 Å². The van der Waals surface area contributed by atoms with Crippen molar-refractivity contribution in [2.75, 3.05) is 36.0 Å². The molecule has 2 atom stereocenters. The molecular weight excluding hydrogens is 390 g/mol. The number of ether oxygens (including phenoxy) is 1. The molecule has 3 aromatic rings. The molecule has 0 bridgehead atoms. The fourth-order valence-electron chi connectivity index (χ4n) is 5.53. The summed E-state index contributed by atoms with van der Waals surface area (Å²) < 4.78 is 5.85. The van der Waals surface area contributed by atoms with Crippen molar-refractivity contribution in [2.24, 2.45) is 11.1 Å². The number of hydrogen-bond acceptors (Lipinski definition) is 7. The van der Waals surface area contributed by atoms with E-state index < -0.39 is 0 Å². The summed E-state index contributed by atoms with van der Waals surface area (Å²) in [4.78, 5) is 14.2. The number of nitrogens with zero attached hydrogens (tertiary/aromatic N) is 5. The second-order valence-corrected chi connectivity index (χ2v) is 9.25. The van der Waals surface area contributed by atoms with Crippen LogP contribution in [0.3, 0.4) is 0 Å². The van der Waals surface area contributed by atoms with E-state index in [0.29, 0.717) is 0 Å². The van der Waals surface area contributed by atoms with Gasteiger partial charge in [0.05, 0.1) is 18.9 Å². The van der Waals surface area contributed by atoms with Crippen LogP contribution in [-0.4, -0.2) is 58.6 Å². The molecular formula is C23H29N7O. The minimum absolute atomic E-state index is 0.107. The number of anilines is 3. The van der Waals surface area contributed by atoms with Gasteiger partial charge in [-0.1, -0.05) is 18.2 Å². The summed E-state index contributed by atoms with van der Waals surface area (Å²) >= 11 is 0. The third-order valence-corrected chi connectivity index (χ3v) is 7.53. The lowest BCUT2D eigenvalue weighted by Crippen LogP contribution is -2.50. The Hall–Kier alpha value is -2.71. The van der Waals surface area contributed by atoms with Crippen LogP contribution in [0.5, 0.6) is 0 Å². The Kier molecular flexibility index (Phi) is 4.40. The zero-order valence-electron chi connectivity index (χ0n) is 17.9. The van der Waals surface area contributed by atoms with Crippen LogP contribution in [0.25, 0.3) is 11.2 Å². The van der Waals surface area contributed by atoms with Gasteiger partial charge < -0.3 is 20.3 Å². The summed E-state index contributed by atoms with van der Waals surface area (Å²) in [5, 5.41) is 7.73. The Morgan fingerprint density at radius 2 is 2.03 bits per heavy atom. The monoisotopic (exact) mass is 419 g/mol. The highest BCUT2D eigenvalue weighted by Crippen LogP contribution is 2.42. The molecule has 8 heteroatoms. The van der Waals surface area contributed by atoms with Crippen LogP contribution < -0.4 is 15.5 Å². The number of rotatable bonds is 2. The lowest BCUT2D eigenvalue weighted by molar-refractivity contribution is 0.0974. The molecule has 3 aliphatic rings. The van der Waals surface area contributed by atoms with Gasteiger partial charge in [-0.05, 0) is 44.2 Å². The Morgan fingerprint density at radius 3 is 2.84 bits per heavy atom. The van der Waals surface area contributed by atoms with Crippen LogP contribution in [0.2, 0.25) is 0 Å². The number of aromatic nitrogens is 4. The number of nitrogens with two attached hydrogens (primary N) is 1. The molecule has 8 nitrogen and oxygen atoms in total. The van der Waals surface area contributed by atoms with Gasteiger partial charge in [0, 0.05) is 36.8 Å². The van der Waals surface area contributed by atoms with Gasteiger partial charge in [-0.25, -0.2) is 9.97 Å². The van der Waals surface area contributed by atoms with Gasteiger partial charge in [0.1, 0.15) is 5.82 Å². The Balaban J connectivity index is 1.25. The average Bonchev–Trinajstić information content (AvgIpc) is 3.36. The van der Waals surface area contributed by atoms with E-state index >= 15 is 0 Å². The van der Waals surface area contributed by atoms with E-state index in [1.807, 2.05) is 6.20 Å². The van der Waals surface area contributed by atoms with Crippen LogP contribution in [-0.2, 0) is 11.2 Å². The van der Waals surface area contributed by atoms with Gasteiger partial charge in [0.2, 0.25) is 0 Å². The molecule has 0 saturated carbocycles. The van der Waals surface area contributed by atoms with Crippen molar-refractivity contribution < 1.29 is 4.74 Å². The van der Waals surface area contributed by atoms with Gasteiger partial charge in [-0.2, -0.15) is 5.10 Å². The summed E-state index contributed by atoms with van der Waals surface area (Å²) in [6.07, 6.45) is 6.30. The molecule has 2 fully saturated rings. The minimum Gasteiger partial charge on any atom is -0.376 e. The molecule has 3 aliphatic heterocycles. The van der Waals surface area contributed by atoms with E-state index in [9.17, 15) is 0 Å². The molecule has 2 aromatic heterocycles. The zero-order chi connectivity index (χ0) is 21.0. The maximum Gasteiger partial charge on any atom is 0.183 e. The molecule has 5 heterocycles. The van der Waals surface area contributed by atoms with Crippen LogP contribution >= 0.6 is 0 Å². The number of aromatic amines is 1. The number of hydrogen-bond donors (Lipinski definition) is 2. The molecule has 0 unspecified atom stereocenters. The topological polar surface area (TPSA) is 96.2 Å².